The Balaban J connectivity index is 1.73. The number of benzene rings is 1. The summed E-state index contributed by atoms with van der Waals surface area (Å²) < 4.78 is 5.91. The van der Waals surface area contributed by atoms with Crippen LogP contribution in [0.3, 0.4) is 0 Å². The Morgan fingerprint density at radius 3 is 2.44 bits per heavy atom. The van der Waals surface area contributed by atoms with Crippen molar-refractivity contribution in [2.45, 2.75) is 64.6 Å². The highest BCUT2D eigenvalue weighted by Gasteiger charge is 2.31. The van der Waals surface area contributed by atoms with Gasteiger partial charge in [-0.1, -0.05) is 31.2 Å². The Labute approximate surface area is 149 Å². The zero-order valence-electron chi connectivity index (χ0n) is 15.1. The molecule has 1 aliphatic carbocycles. The molecule has 1 fully saturated rings. The fourth-order valence-electron chi connectivity index (χ4n) is 3.30. The van der Waals surface area contributed by atoms with E-state index in [0.717, 1.165) is 24.8 Å². The largest absolute Gasteiger partial charge is 0.481 e. The summed E-state index contributed by atoms with van der Waals surface area (Å²) in [5.41, 5.74) is 7.59. The smallest absolute Gasteiger partial charge is 0.303 e. The SMILES string of the molecule is C[C@@H](CCC(N)=O)[C@@H](C)OCc1ccc(C2CC(CC(=O)O)C2)cc1. The van der Waals surface area contributed by atoms with Crippen molar-refractivity contribution in [3.63, 3.8) is 0 Å². The van der Waals surface area contributed by atoms with Crippen molar-refractivity contribution in [2.24, 2.45) is 17.6 Å². The first-order chi connectivity index (χ1) is 11.8. The molecule has 0 heterocycles. The van der Waals surface area contributed by atoms with Gasteiger partial charge in [0, 0.05) is 12.8 Å². The minimum absolute atomic E-state index is 0.0717. The third-order valence-electron chi connectivity index (χ3n) is 5.31. The van der Waals surface area contributed by atoms with Gasteiger partial charge in [-0.25, -0.2) is 0 Å². The number of primary amides is 1. The van der Waals surface area contributed by atoms with Gasteiger partial charge in [0.15, 0.2) is 0 Å². The Bertz CT molecular complexity index is 578. The lowest BCUT2D eigenvalue weighted by atomic mass is 9.70. The average molecular weight is 347 g/mol. The molecule has 5 heteroatoms. The number of carbonyl (C=O) groups is 2. The van der Waals surface area contributed by atoms with E-state index in [2.05, 4.69) is 31.2 Å². The molecule has 138 valence electrons. The molecule has 25 heavy (non-hydrogen) atoms. The third-order valence-corrected chi connectivity index (χ3v) is 5.31. The number of ether oxygens (including phenoxy) is 1. The van der Waals surface area contributed by atoms with Gasteiger partial charge in [-0.15, -0.1) is 0 Å². The molecular weight excluding hydrogens is 318 g/mol. The lowest BCUT2D eigenvalue weighted by Gasteiger charge is -2.34. The second kappa shape index (κ2) is 8.99. The minimum Gasteiger partial charge on any atom is -0.481 e. The van der Waals surface area contributed by atoms with Crippen molar-refractivity contribution >= 4 is 11.9 Å². The summed E-state index contributed by atoms with van der Waals surface area (Å²) in [6, 6.07) is 8.42. The quantitative estimate of drug-likeness (QED) is 0.678. The molecule has 0 aromatic heterocycles. The lowest BCUT2D eigenvalue weighted by Crippen LogP contribution is -2.24. The minimum atomic E-state index is -0.699. The molecule has 1 saturated carbocycles. The highest BCUT2D eigenvalue weighted by Crippen LogP contribution is 2.43. The first-order valence-corrected chi connectivity index (χ1v) is 9.05. The molecular formula is C20H29NO4. The molecule has 1 amide bonds. The fourth-order valence-corrected chi connectivity index (χ4v) is 3.30. The highest BCUT2D eigenvalue weighted by molar-refractivity contribution is 5.73. The summed E-state index contributed by atoms with van der Waals surface area (Å²) >= 11 is 0. The molecule has 0 spiro atoms. The standard InChI is InChI=1S/C20H29NO4/c1-13(3-8-19(21)22)14(2)25-12-15-4-6-17(7-5-15)18-9-16(10-18)11-20(23)24/h4-7,13-14,16,18H,3,8-12H2,1-2H3,(H2,21,22)(H,23,24)/t13-,14+,16?,18?/m0/s1. The number of hydrogen-bond acceptors (Lipinski definition) is 3. The summed E-state index contributed by atoms with van der Waals surface area (Å²) in [6.07, 6.45) is 3.44. The van der Waals surface area contributed by atoms with Gasteiger partial charge in [0.1, 0.15) is 0 Å². The van der Waals surface area contributed by atoms with Crippen molar-refractivity contribution in [1.29, 1.82) is 0 Å². The molecule has 0 radical (unpaired) electrons. The van der Waals surface area contributed by atoms with E-state index in [4.69, 9.17) is 15.6 Å². The molecule has 2 atom stereocenters. The summed E-state index contributed by atoms with van der Waals surface area (Å²) in [5, 5.41) is 8.81. The van der Waals surface area contributed by atoms with Gasteiger partial charge in [-0.3, -0.25) is 9.59 Å². The predicted molar refractivity (Wildman–Crippen MR) is 96.0 cm³/mol. The van der Waals surface area contributed by atoms with Crippen LogP contribution >= 0.6 is 0 Å². The summed E-state index contributed by atoms with van der Waals surface area (Å²) in [5.74, 6) is 0.139. The van der Waals surface area contributed by atoms with E-state index in [9.17, 15) is 9.59 Å². The first-order valence-electron chi connectivity index (χ1n) is 9.05. The molecule has 2 rings (SSSR count). The Morgan fingerprint density at radius 2 is 1.88 bits per heavy atom. The monoisotopic (exact) mass is 347 g/mol. The number of nitrogens with two attached hydrogens (primary N) is 1. The molecule has 1 aromatic rings. The van der Waals surface area contributed by atoms with Gasteiger partial charge in [0.2, 0.25) is 5.91 Å². The molecule has 5 nitrogen and oxygen atoms in total. The fraction of sp³-hybridized carbons (Fsp3) is 0.600. The van der Waals surface area contributed by atoms with Crippen LogP contribution in [0.1, 0.15) is 63.0 Å². The zero-order valence-corrected chi connectivity index (χ0v) is 15.1. The molecule has 0 bridgehead atoms. The summed E-state index contributed by atoms with van der Waals surface area (Å²) in [7, 11) is 0. The Morgan fingerprint density at radius 1 is 1.24 bits per heavy atom. The number of aliphatic carboxylic acids is 1. The zero-order chi connectivity index (χ0) is 18.4. The normalized spacial score (nSPS) is 22.0. The van der Waals surface area contributed by atoms with Gasteiger partial charge in [0.05, 0.1) is 12.7 Å². The molecule has 0 aliphatic heterocycles. The number of amides is 1. The topological polar surface area (TPSA) is 89.6 Å². The van der Waals surface area contributed by atoms with E-state index in [-0.39, 0.29) is 24.3 Å². The van der Waals surface area contributed by atoms with Crippen LogP contribution in [0.15, 0.2) is 24.3 Å². The number of rotatable bonds is 10. The number of carboxylic acid groups (broad SMARTS) is 1. The van der Waals surface area contributed by atoms with Gasteiger partial charge < -0.3 is 15.6 Å². The second-order valence-corrected chi connectivity index (χ2v) is 7.37. The number of carbonyl (C=O) groups excluding carboxylic acids is 1. The van der Waals surface area contributed by atoms with Crippen LogP contribution in [0.25, 0.3) is 0 Å². The highest BCUT2D eigenvalue weighted by atomic mass is 16.5. The van der Waals surface area contributed by atoms with Crippen LogP contribution in [-0.2, 0) is 20.9 Å². The summed E-state index contributed by atoms with van der Waals surface area (Å²) in [4.78, 5) is 21.5. The van der Waals surface area contributed by atoms with E-state index < -0.39 is 5.97 Å². The van der Waals surface area contributed by atoms with Gasteiger partial charge in [0.25, 0.3) is 0 Å². The van der Waals surface area contributed by atoms with Crippen LogP contribution in [-0.4, -0.2) is 23.1 Å². The van der Waals surface area contributed by atoms with E-state index in [0.29, 0.717) is 24.9 Å². The predicted octanol–water partition coefficient (Wildman–Crippen LogP) is 3.46. The summed E-state index contributed by atoms with van der Waals surface area (Å²) in [6.45, 7) is 4.65. The Hall–Kier alpha value is -1.88. The number of carboxylic acids is 1. The van der Waals surface area contributed by atoms with Gasteiger partial charge in [-0.2, -0.15) is 0 Å². The van der Waals surface area contributed by atoms with Crippen molar-refractivity contribution in [2.75, 3.05) is 0 Å². The van der Waals surface area contributed by atoms with E-state index >= 15 is 0 Å². The Kier molecular flexibility index (Phi) is 7.00. The molecule has 0 unspecified atom stereocenters. The van der Waals surface area contributed by atoms with Crippen molar-refractivity contribution < 1.29 is 19.4 Å². The van der Waals surface area contributed by atoms with Crippen LogP contribution in [0.2, 0.25) is 0 Å². The van der Waals surface area contributed by atoms with E-state index in [1.165, 1.54) is 5.56 Å². The van der Waals surface area contributed by atoms with Crippen LogP contribution < -0.4 is 5.73 Å². The van der Waals surface area contributed by atoms with E-state index in [1.54, 1.807) is 0 Å². The lowest BCUT2D eigenvalue weighted by molar-refractivity contribution is -0.138. The second-order valence-electron chi connectivity index (χ2n) is 7.37. The molecule has 3 N–H and O–H groups in total. The maximum atomic E-state index is 10.8. The first kappa shape index (κ1) is 19.4. The van der Waals surface area contributed by atoms with Crippen molar-refractivity contribution in [3.05, 3.63) is 35.4 Å². The van der Waals surface area contributed by atoms with E-state index in [1.807, 2.05) is 6.92 Å². The molecule has 1 aliphatic rings. The van der Waals surface area contributed by atoms with Gasteiger partial charge >= 0.3 is 5.97 Å². The maximum Gasteiger partial charge on any atom is 0.303 e. The number of hydrogen-bond donors (Lipinski definition) is 2. The van der Waals surface area contributed by atoms with Crippen LogP contribution in [0.4, 0.5) is 0 Å². The van der Waals surface area contributed by atoms with Gasteiger partial charge in [-0.05, 0) is 55.1 Å². The van der Waals surface area contributed by atoms with Crippen LogP contribution in [0.5, 0.6) is 0 Å². The van der Waals surface area contributed by atoms with Crippen LogP contribution in [0, 0.1) is 11.8 Å². The van der Waals surface area contributed by atoms with Crippen molar-refractivity contribution in [3.8, 4) is 0 Å². The maximum absolute atomic E-state index is 10.8. The van der Waals surface area contributed by atoms with Crippen molar-refractivity contribution in [1.82, 2.24) is 0 Å². The third kappa shape index (κ3) is 6.16. The average Bonchev–Trinajstić information content (AvgIpc) is 2.53. The molecule has 1 aromatic carbocycles. The molecule has 0 saturated heterocycles.